The van der Waals surface area contributed by atoms with Crippen molar-refractivity contribution in [3.63, 3.8) is 0 Å². The van der Waals surface area contributed by atoms with E-state index in [-0.39, 0.29) is 19.6 Å². The highest BCUT2D eigenvalue weighted by Crippen LogP contribution is 2.13. The van der Waals surface area contributed by atoms with Gasteiger partial charge in [-0.05, 0) is 19.1 Å². The molecule has 8 heteroatoms. The van der Waals surface area contributed by atoms with Crippen LogP contribution in [0.1, 0.15) is 13.3 Å². The average molecular weight is 293 g/mol. The summed E-state index contributed by atoms with van der Waals surface area (Å²) in [4.78, 5) is 10.5. The second kappa shape index (κ2) is 6.58. The third kappa shape index (κ3) is 4.92. The predicted molar refractivity (Wildman–Crippen MR) is 62.8 cm³/mol. The lowest BCUT2D eigenvalue weighted by Gasteiger charge is -2.07. The van der Waals surface area contributed by atoms with Gasteiger partial charge in [0.2, 0.25) is 10.0 Å². The lowest BCUT2D eigenvalue weighted by molar-refractivity contribution is -0.142. The van der Waals surface area contributed by atoms with Crippen LogP contribution in [0.3, 0.4) is 0 Å². The highest BCUT2D eigenvalue weighted by atomic mass is 32.2. The first-order chi connectivity index (χ1) is 8.85. The van der Waals surface area contributed by atoms with Gasteiger partial charge < -0.3 is 4.74 Å². The predicted octanol–water partition coefficient (Wildman–Crippen LogP) is 1.20. The standard InChI is InChI=1S/C11H13F2NO4S/c1-2-18-11(15)3-4-14-19(16,17)10-6-8(12)5-9(13)7-10/h5-7,14H,2-4H2,1H3. The van der Waals surface area contributed by atoms with Crippen molar-refractivity contribution in [1.82, 2.24) is 4.72 Å². The number of rotatable bonds is 6. The molecule has 0 saturated heterocycles. The Morgan fingerprint density at radius 3 is 2.37 bits per heavy atom. The molecule has 0 atom stereocenters. The molecule has 0 aliphatic carbocycles. The Kier molecular flexibility index (Phi) is 5.37. The normalized spacial score (nSPS) is 11.3. The number of nitrogens with one attached hydrogen (secondary N) is 1. The van der Waals surface area contributed by atoms with Crippen molar-refractivity contribution in [2.45, 2.75) is 18.2 Å². The fourth-order valence-electron chi connectivity index (χ4n) is 1.29. The second-order valence-corrected chi connectivity index (χ2v) is 5.32. The Hall–Kier alpha value is -1.54. The molecule has 0 aromatic heterocycles. The molecular formula is C11H13F2NO4S. The largest absolute Gasteiger partial charge is 0.466 e. The quantitative estimate of drug-likeness (QED) is 0.800. The molecule has 0 saturated carbocycles. The van der Waals surface area contributed by atoms with E-state index in [9.17, 15) is 22.0 Å². The summed E-state index contributed by atoms with van der Waals surface area (Å²) >= 11 is 0. The van der Waals surface area contributed by atoms with Crippen LogP contribution in [0.15, 0.2) is 23.1 Å². The number of benzene rings is 1. The van der Waals surface area contributed by atoms with Crippen molar-refractivity contribution < 1.29 is 26.7 Å². The van der Waals surface area contributed by atoms with Gasteiger partial charge in [0.25, 0.3) is 0 Å². The van der Waals surface area contributed by atoms with Crippen LogP contribution in [0.2, 0.25) is 0 Å². The van der Waals surface area contributed by atoms with Gasteiger partial charge in [-0.25, -0.2) is 21.9 Å². The molecule has 19 heavy (non-hydrogen) atoms. The van der Waals surface area contributed by atoms with E-state index in [0.717, 1.165) is 0 Å². The zero-order valence-corrected chi connectivity index (χ0v) is 11.0. The first-order valence-corrected chi connectivity index (χ1v) is 6.95. The maximum Gasteiger partial charge on any atom is 0.307 e. The third-order valence-corrected chi connectivity index (χ3v) is 3.51. The summed E-state index contributed by atoms with van der Waals surface area (Å²) in [6.45, 7) is 1.61. The summed E-state index contributed by atoms with van der Waals surface area (Å²) in [5, 5.41) is 0. The van der Waals surface area contributed by atoms with Gasteiger partial charge in [0.1, 0.15) is 11.6 Å². The van der Waals surface area contributed by atoms with Gasteiger partial charge in [0, 0.05) is 12.6 Å². The van der Waals surface area contributed by atoms with Crippen LogP contribution in [-0.4, -0.2) is 27.5 Å². The van der Waals surface area contributed by atoms with Crippen LogP contribution in [-0.2, 0) is 19.6 Å². The van der Waals surface area contributed by atoms with Crippen molar-refractivity contribution in [3.8, 4) is 0 Å². The number of esters is 1. The zero-order chi connectivity index (χ0) is 14.5. The molecule has 0 fully saturated rings. The SMILES string of the molecule is CCOC(=O)CCNS(=O)(=O)c1cc(F)cc(F)c1. The minimum absolute atomic E-state index is 0.162. The Labute approximate surface area is 109 Å². The van der Waals surface area contributed by atoms with Crippen LogP contribution < -0.4 is 4.72 Å². The monoisotopic (exact) mass is 293 g/mol. The van der Waals surface area contributed by atoms with Gasteiger partial charge in [0.05, 0.1) is 17.9 Å². The maximum atomic E-state index is 12.9. The van der Waals surface area contributed by atoms with Crippen LogP contribution in [0.25, 0.3) is 0 Å². The maximum absolute atomic E-state index is 12.9. The van der Waals surface area contributed by atoms with E-state index in [1.54, 1.807) is 6.92 Å². The smallest absolute Gasteiger partial charge is 0.307 e. The van der Waals surface area contributed by atoms with Crippen molar-refractivity contribution in [2.24, 2.45) is 0 Å². The van der Waals surface area contributed by atoms with Gasteiger partial charge >= 0.3 is 5.97 Å². The van der Waals surface area contributed by atoms with Crippen LogP contribution in [0.5, 0.6) is 0 Å². The second-order valence-electron chi connectivity index (χ2n) is 3.56. The molecule has 0 aliphatic heterocycles. The summed E-state index contributed by atoms with van der Waals surface area (Å²) in [5.41, 5.74) is 0. The van der Waals surface area contributed by atoms with Gasteiger partial charge in [-0.2, -0.15) is 0 Å². The number of carbonyl (C=O) groups excluding carboxylic acids is 1. The lowest BCUT2D eigenvalue weighted by Crippen LogP contribution is -2.27. The van der Waals surface area contributed by atoms with Crippen LogP contribution in [0, 0.1) is 11.6 Å². The highest BCUT2D eigenvalue weighted by Gasteiger charge is 2.16. The number of ether oxygens (including phenoxy) is 1. The molecule has 0 unspecified atom stereocenters. The van der Waals surface area contributed by atoms with Crippen molar-refractivity contribution in [3.05, 3.63) is 29.8 Å². The molecule has 0 aliphatic rings. The first-order valence-electron chi connectivity index (χ1n) is 5.46. The highest BCUT2D eigenvalue weighted by molar-refractivity contribution is 7.89. The lowest BCUT2D eigenvalue weighted by atomic mass is 10.3. The molecule has 0 spiro atoms. The minimum Gasteiger partial charge on any atom is -0.466 e. The van der Waals surface area contributed by atoms with Gasteiger partial charge in [-0.3, -0.25) is 4.79 Å². The Balaban J connectivity index is 2.68. The number of hydrogen-bond acceptors (Lipinski definition) is 4. The third-order valence-electron chi connectivity index (χ3n) is 2.07. The molecule has 0 bridgehead atoms. The number of halogens is 2. The van der Waals surface area contributed by atoms with Gasteiger partial charge in [-0.1, -0.05) is 0 Å². The molecule has 1 N–H and O–H groups in total. The number of hydrogen-bond donors (Lipinski definition) is 1. The van der Waals surface area contributed by atoms with Gasteiger partial charge in [-0.15, -0.1) is 0 Å². The molecule has 1 aromatic rings. The summed E-state index contributed by atoms with van der Waals surface area (Å²) in [5.74, 6) is -2.55. The molecule has 5 nitrogen and oxygen atoms in total. The molecular weight excluding hydrogens is 280 g/mol. The van der Waals surface area contributed by atoms with E-state index in [1.807, 2.05) is 0 Å². The Bertz CT molecular complexity index is 540. The summed E-state index contributed by atoms with van der Waals surface area (Å²) in [6.07, 6.45) is -0.162. The van der Waals surface area contributed by atoms with Crippen molar-refractivity contribution in [1.29, 1.82) is 0 Å². The fourth-order valence-corrected chi connectivity index (χ4v) is 2.36. The van der Waals surface area contributed by atoms with E-state index < -0.39 is 32.5 Å². The zero-order valence-electron chi connectivity index (χ0n) is 10.2. The average Bonchev–Trinajstić information content (AvgIpc) is 2.27. The van der Waals surface area contributed by atoms with Crippen molar-refractivity contribution >= 4 is 16.0 Å². The molecule has 0 radical (unpaired) electrons. The molecule has 0 heterocycles. The van der Waals surface area contributed by atoms with Crippen LogP contribution >= 0.6 is 0 Å². The van der Waals surface area contributed by atoms with Gasteiger partial charge in [0.15, 0.2) is 0 Å². The van der Waals surface area contributed by atoms with Crippen LogP contribution in [0.4, 0.5) is 8.78 Å². The number of sulfonamides is 1. The molecule has 1 aromatic carbocycles. The molecule has 1 rings (SSSR count). The molecule has 0 amide bonds. The van der Waals surface area contributed by atoms with E-state index in [4.69, 9.17) is 0 Å². The van der Waals surface area contributed by atoms with E-state index in [0.29, 0.717) is 18.2 Å². The summed E-state index contributed by atoms with van der Waals surface area (Å²) in [7, 11) is -4.05. The van der Waals surface area contributed by atoms with Crippen molar-refractivity contribution in [2.75, 3.05) is 13.2 Å². The Morgan fingerprint density at radius 1 is 1.26 bits per heavy atom. The van der Waals surface area contributed by atoms with E-state index in [1.165, 1.54) is 0 Å². The van der Waals surface area contributed by atoms with E-state index >= 15 is 0 Å². The summed E-state index contributed by atoms with van der Waals surface area (Å²) < 4.78 is 55.8. The summed E-state index contributed by atoms with van der Waals surface area (Å²) in [6, 6.07) is 1.95. The topological polar surface area (TPSA) is 72.5 Å². The van der Waals surface area contributed by atoms with E-state index in [2.05, 4.69) is 9.46 Å². The fraction of sp³-hybridized carbons (Fsp3) is 0.364. The number of carbonyl (C=O) groups is 1. The Morgan fingerprint density at radius 2 is 1.84 bits per heavy atom. The minimum atomic E-state index is -4.05. The molecule has 106 valence electrons. The first kappa shape index (κ1) is 15.5.